The van der Waals surface area contributed by atoms with Gasteiger partial charge in [0.05, 0.1) is 12.0 Å². The summed E-state index contributed by atoms with van der Waals surface area (Å²) in [6.07, 6.45) is 1.97. The lowest BCUT2D eigenvalue weighted by atomic mass is 10.1. The van der Waals surface area contributed by atoms with Gasteiger partial charge in [-0.1, -0.05) is 6.07 Å². The van der Waals surface area contributed by atoms with Crippen LogP contribution in [0.4, 0.5) is 5.69 Å². The van der Waals surface area contributed by atoms with Crippen molar-refractivity contribution in [3.05, 3.63) is 33.9 Å². The molecular formula is C13H19N3O3. The van der Waals surface area contributed by atoms with Gasteiger partial charge in [-0.15, -0.1) is 0 Å². The van der Waals surface area contributed by atoms with Crippen LogP contribution in [0.15, 0.2) is 18.2 Å². The van der Waals surface area contributed by atoms with Crippen molar-refractivity contribution in [1.82, 2.24) is 4.90 Å². The number of nitrogens with two attached hydrogens (primary N) is 1. The Labute approximate surface area is 112 Å². The van der Waals surface area contributed by atoms with E-state index in [4.69, 9.17) is 10.5 Å². The summed E-state index contributed by atoms with van der Waals surface area (Å²) in [5.74, 6) is 0.300. The van der Waals surface area contributed by atoms with Gasteiger partial charge in [0.1, 0.15) is 0 Å². The van der Waals surface area contributed by atoms with Crippen LogP contribution in [0.2, 0.25) is 0 Å². The number of rotatable bonds is 4. The van der Waals surface area contributed by atoms with E-state index in [2.05, 4.69) is 4.90 Å². The molecule has 6 nitrogen and oxygen atoms in total. The second-order valence-corrected chi connectivity index (χ2v) is 4.88. The number of ether oxygens (including phenoxy) is 1. The fourth-order valence-corrected chi connectivity index (χ4v) is 2.35. The highest BCUT2D eigenvalue weighted by Crippen LogP contribution is 2.28. The summed E-state index contributed by atoms with van der Waals surface area (Å²) in [4.78, 5) is 12.8. The smallest absolute Gasteiger partial charge is 0.311 e. The van der Waals surface area contributed by atoms with Crippen LogP contribution < -0.4 is 10.5 Å². The highest BCUT2D eigenvalue weighted by atomic mass is 16.6. The van der Waals surface area contributed by atoms with E-state index in [1.165, 1.54) is 7.11 Å². The second kappa shape index (κ2) is 5.99. The maximum absolute atomic E-state index is 11.0. The van der Waals surface area contributed by atoms with E-state index in [1.54, 1.807) is 12.1 Å². The summed E-state index contributed by atoms with van der Waals surface area (Å²) in [6, 6.07) is 5.41. The van der Waals surface area contributed by atoms with Crippen molar-refractivity contribution in [2.24, 2.45) is 5.73 Å². The van der Waals surface area contributed by atoms with E-state index in [-0.39, 0.29) is 5.69 Å². The molecule has 0 spiro atoms. The molecule has 1 aromatic carbocycles. The lowest BCUT2D eigenvalue weighted by Crippen LogP contribution is -2.39. The zero-order valence-electron chi connectivity index (χ0n) is 11.0. The molecule has 0 unspecified atom stereocenters. The minimum absolute atomic E-state index is 0.0220. The van der Waals surface area contributed by atoms with Crippen LogP contribution in [0.5, 0.6) is 5.75 Å². The van der Waals surface area contributed by atoms with Crippen molar-refractivity contribution in [3.63, 3.8) is 0 Å². The summed E-state index contributed by atoms with van der Waals surface area (Å²) in [5.41, 5.74) is 6.81. The molecule has 1 saturated heterocycles. The first kappa shape index (κ1) is 13.8. The highest BCUT2D eigenvalue weighted by Gasteiger charge is 2.19. The van der Waals surface area contributed by atoms with Gasteiger partial charge in [-0.25, -0.2) is 0 Å². The van der Waals surface area contributed by atoms with Crippen molar-refractivity contribution in [2.75, 3.05) is 20.2 Å². The Morgan fingerprint density at radius 3 is 2.74 bits per heavy atom. The fourth-order valence-electron chi connectivity index (χ4n) is 2.35. The molecule has 1 heterocycles. The van der Waals surface area contributed by atoms with E-state index < -0.39 is 4.92 Å². The summed E-state index contributed by atoms with van der Waals surface area (Å²) in [5, 5.41) is 11.0. The van der Waals surface area contributed by atoms with Crippen LogP contribution >= 0.6 is 0 Å². The van der Waals surface area contributed by atoms with E-state index in [0.29, 0.717) is 11.8 Å². The minimum Gasteiger partial charge on any atom is -0.490 e. The highest BCUT2D eigenvalue weighted by molar-refractivity contribution is 5.48. The van der Waals surface area contributed by atoms with Crippen LogP contribution in [-0.2, 0) is 6.54 Å². The molecule has 1 aromatic rings. The predicted molar refractivity (Wildman–Crippen MR) is 72.1 cm³/mol. The number of nitrogens with zero attached hydrogens (tertiary/aromatic N) is 2. The third-order valence-corrected chi connectivity index (χ3v) is 3.48. The van der Waals surface area contributed by atoms with Crippen molar-refractivity contribution >= 4 is 5.69 Å². The third kappa shape index (κ3) is 3.42. The molecule has 0 saturated carbocycles. The average molecular weight is 265 g/mol. The Bertz CT molecular complexity index is 456. The lowest BCUT2D eigenvalue weighted by molar-refractivity contribution is -0.385. The van der Waals surface area contributed by atoms with Gasteiger partial charge >= 0.3 is 5.69 Å². The molecule has 0 aliphatic carbocycles. The van der Waals surface area contributed by atoms with Gasteiger partial charge < -0.3 is 10.5 Å². The van der Waals surface area contributed by atoms with Crippen LogP contribution in [0, 0.1) is 10.1 Å². The SMILES string of the molecule is COc1ccc(CN2CCC(N)CC2)cc1[N+](=O)[O-]. The number of piperidine rings is 1. The zero-order valence-corrected chi connectivity index (χ0v) is 11.0. The third-order valence-electron chi connectivity index (χ3n) is 3.48. The normalized spacial score (nSPS) is 17.4. The maximum atomic E-state index is 11.0. The summed E-state index contributed by atoms with van der Waals surface area (Å²) >= 11 is 0. The molecule has 0 radical (unpaired) electrons. The molecule has 0 atom stereocenters. The van der Waals surface area contributed by atoms with Crippen LogP contribution in [0.25, 0.3) is 0 Å². The predicted octanol–water partition coefficient (Wildman–Crippen LogP) is 1.53. The first-order valence-corrected chi connectivity index (χ1v) is 6.39. The van der Waals surface area contributed by atoms with E-state index in [0.717, 1.165) is 38.0 Å². The van der Waals surface area contributed by atoms with Gasteiger partial charge in [-0.2, -0.15) is 0 Å². The Hall–Kier alpha value is -1.66. The molecule has 104 valence electrons. The van der Waals surface area contributed by atoms with Gasteiger partial charge in [0.25, 0.3) is 0 Å². The number of nitro groups is 1. The first-order chi connectivity index (χ1) is 9.10. The quantitative estimate of drug-likeness (QED) is 0.659. The molecule has 2 rings (SSSR count). The number of nitro benzene ring substituents is 1. The molecule has 0 aromatic heterocycles. The number of hydrogen-bond acceptors (Lipinski definition) is 5. The lowest BCUT2D eigenvalue weighted by Gasteiger charge is -2.30. The standard InChI is InChI=1S/C13H19N3O3/c1-19-13-3-2-10(8-12(13)16(17)18)9-15-6-4-11(14)5-7-15/h2-3,8,11H,4-7,9,14H2,1H3. The van der Waals surface area contributed by atoms with Gasteiger partial charge in [0, 0.05) is 18.7 Å². The number of benzene rings is 1. The van der Waals surface area contributed by atoms with Gasteiger partial charge in [-0.3, -0.25) is 15.0 Å². The topological polar surface area (TPSA) is 81.6 Å². The average Bonchev–Trinajstić information content (AvgIpc) is 2.41. The summed E-state index contributed by atoms with van der Waals surface area (Å²) < 4.78 is 4.99. The van der Waals surface area contributed by atoms with Crippen molar-refractivity contribution in [3.8, 4) is 5.75 Å². The number of likely N-dealkylation sites (tertiary alicyclic amines) is 1. The van der Waals surface area contributed by atoms with Crippen LogP contribution in [0.3, 0.4) is 0 Å². The van der Waals surface area contributed by atoms with Gasteiger partial charge in [0.2, 0.25) is 0 Å². The van der Waals surface area contributed by atoms with Crippen LogP contribution in [0.1, 0.15) is 18.4 Å². The van der Waals surface area contributed by atoms with Gasteiger partial charge in [0.15, 0.2) is 5.75 Å². The van der Waals surface area contributed by atoms with Crippen molar-refractivity contribution < 1.29 is 9.66 Å². The summed E-state index contributed by atoms with van der Waals surface area (Å²) in [6.45, 7) is 2.61. The Balaban J connectivity index is 2.08. The van der Waals surface area contributed by atoms with Gasteiger partial charge in [-0.05, 0) is 37.6 Å². The Morgan fingerprint density at radius 2 is 2.16 bits per heavy atom. The van der Waals surface area contributed by atoms with Crippen LogP contribution in [-0.4, -0.2) is 36.1 Å². The molecule has 1 aliphatic rings. The number of methoxy groups -OCH3 is 1. The first-order valence-electron chi connectivity index (χ1n) is 6.39. The molecule has 1 fully saturated rings. The second-order valence-electron chi connectivity index (χ2n) is 4.88. The fraction of sp³-hybridized carbons (Fsp3) is 0.538. The minimum atomic E-state index is -0.408. The number of hydrogen-bond donors (Lipinski definition) is 1. The van der Waals surface area contributed by atoms with E-state index in [1.807, 2.05) is 6.07 Å². The molecule has 19 heavy (non-hydrogen) atoms. The molecule has 0 bridgehead atoms. The molecular weight excluding hydrogens is 246 g/mol. The molecule has 0 amide bonds. The monoisotopic (exact) mass is 265 g/mol. The Morgan fingerprint density at radius 1 is 1.47 bits per heavy atom. The van der Waals surface area contributed by atoms with E-state index >= 15 is 0 Å². The maximum Gasteiger partial charge on any atom is 0.311 e. The zero-order chi connectivity index (χ0) is 13.8. The molecule has 6 heteroatoms. The van der Waals surface area contributed by atoms with Crippen molar-refractivity contribution in [1.29, 1.82) is 0 Å². The van der Waals surface area contributed by atoms with Crippen molar-refractivity contribution in [2.45, 2.75) is 25.4 Å². The molecule has 1 aliphatic heterocycles. The largest absolute Gasteiger partial charge is 0.490 e. The van der Waals surface area contributed by atoms with E-state index in [9.17, 15) is 10.1 Å². The summed E-state index contributed by atoms with van der Waals surface area (Å²) in [7, 11) is 1.44. The molecule has 2 N–H and O–H groups in total. The Kier molecular flexibility index (Phi) is 4.34.